The number of esters is 1. The fourth-order valence-electron chi connectivity index (χ4n) is 4.14. The van der Waals surface area contributed by atoms with Gasteiger partial charge in [-0.1, -0.05) is 54.1 Å². The van der Waals surface area contributed by atoms with Gasteiger partial charge >= 0.3 is 5.97 Å². The van der Waals surface area contributed by atoms with Crippen molar-refractivity contribution in [3.8, 4) is 0 Å². The number of nitrogens with zero attached hydrogens (tertiary/aromatic N) is 1. The highest BCUT2D eigenvalue weighted by Gasteiger charge is 2.29. The number of ether oxygens (including phenoxy) is 1. The predicted octanol–water partition coefficient (Wildman–Crippen LogP) is 5.00. The molecular formula is C24H29NO2. The average Bonchev–Trinajstić information content (AvgIpc) is 2.69. The van der Waals surface area contributed by atoms with E-state index in [4.69, 9.17) is 4.74 Å². The molecule has 0 heterocycles. The lowest BCUT2D eigenvalue weighted by Crippen LogP contribution is -2.29. The molecule has 2 atom stereocenters. The minimum Gasteiger partial charge on any atom is -0.465 e. The van der Waals surface area contributed by atoms with Crippen molar-refractivity contribution in [2.45, 2.75) is 25.2 Å². The van der Waals surface area contributed by atoms with Gasteiger partial charge in [0.1, 0.15) is 0 Å². The molecule has 142 valence electrons. The van der Waals surface area contributed by atoms with E-state index in [2.05, 4.69) is 61.5 Å². The third-order valence-corrected chi connectivity index (χ3v) is 5.39. The Kier molecular flexibility index (Phi) is 6.46. The van der Waals surface area contributed by atoms with Crippen LogP contribution in [0, 0.1) is 5.92 Å². The normalized spacial score (nSPS) is 21.4. The van der Waals surface area contributed by atoms with E-state index in [1.807, 2.05) is 12.1 Å². The predicted molar refractivity (Wildman–Crippen MR) is 111 cm³/mol. The van der Waals surface area contributed by atoms with Crippen LogP contribution in [0.25, 0.3) is 6.08 Å². The highest BCUT2D eigenvalue weighted by molar-refractivity contribution is 5.90. The van der Waals surface area contributed by atoms with Gasteiger partial charge in [0.15, 0.2) is 0 Å². The van der Waals surface area contributed by atoms with E-state index in [1.54, 1.807) is 6.07 Å². The van der Waals surface area contributed by atoms with Crippen LogP contribution < -0.4 is 0 Å². The lowest BCUT2D eigenvalue weighted by atomic mass is 9.73. The van der Waals surface area contributed by atoms with Crippen LogP contribution in [0.4, 0.5) is 0 Å². The van der Waals surface area contributed by atoms with E-state index in [1.165, 1.54) is 24.7 Å². The SMILES string of the molecule is COC(=O)c1cccc(/C=C2/CC[C@H](CN(C)C)[C@@H](c3ccccc3)C2)c1. The van der Waals surface area contributed by atoms with Gasteiger partial charge in [0.05, 0.1) is 12.7 Å². The summed E-state index contributed by atoms with van der Waals surface area (Å²) < 4.78 is 4.84. The van der Waals surface area contributed by atoms with Crippen LogP contribution in [0.1, 0.15) is 46.7 Å². The molecule has 0 N–H and O–H groups in total. The molecule has 0 unspecified atom stereocenters. The Morgan fingerprint density at radius 3 is 2.63 bits per heavy atom. The summed E-state index contributed by atoms with van der Waals surface area (Å²) in [5.41, 5.74) is 4.57. The molecule has 1 saturated carbocycles. The molecule has 0 aliphatic heterocycles. The van der Waals surface area contributed by atoms with Gasteiger partial charge in [-0.2, -0.15) is 0 Å². The number of carbonyl (C=O) groups is 1. The second-order valence-electron chi connectivity index (χ2n) is 7.70. The van der Waals surface area contributed by atoms with Crippen LogP contribution >= 0.6 is 0 Å². The zero-order valence-electron chi connectivity index (χ0n) is 16.5. The minimum absolute atomic E-state index is 0.285. The first kappa shape index (κ1) is 19.4. The van der Waals surface area contributed by atoms with Crippen LogP contribution in [0.3, 0.4) is 0 Å². The molecule has 0 aromatic heterocycles. The molecule has 0 amide bonds. The van der Waals surface area contributed by atoms with E-state index in [0.29, 0.717) is 17.4 Å². The first-order valence-electron chi connectivity index (χ1n) is 9.64. The number of hydrogen-bond acceptors (Lipinski definition) is 3. The monoisotopic (exact) mass is 363 g/mol. The van der Waals surface area contributed by atoms with Crippen molar-refractivity contribution in [1.29, 1.82) is 0 Å². The first-order valence-corrected chi connectivity index (χ1v) is 9.64. The average molecular weight is 364 g/mol. The third-order valence-electron chi connectivity index (χ3n) is 5.39. The molecule has 3 rings (SSSR count). The Labute approximate surface area is 162 Å². The Bertz CT molecular complexity index is 795. The fraction of sp³-hybridized carbons (Fsp3) is 0.375. The van der Waals surface area contributed by atoms with E-state index in [-0.39, 0.29) is 5.97 Å². The summed E-state index contributed by atoms with van der Waals surface area (Å²) in [4.78, 5) is 14.1. The summed E-state index contributed by atoms with van der Waals surface area (Å²) in [6, 6.07) is 18.6. The van der Waals surface area contributed by atoms with Crippen molar-refractivity contribution < 1.29 is 9.53 Å². The summed E-state index contributed by atoms with van der Waals surface area (Å²) in [6.45, 7) is 1.12. The van der Waals surface area contributed by atoms with Crippen LogP contribution in [0.15, 0.2) is 60.2 Å². The smallest absolute Gasteiger partial charge is 0.337 e. The van der Waals surface area contributed by atoms with Gasteiger partial charge in [0.2, 0.25) is 0 Å². The molecule has 0 radical (unpaired) electrons. The van der Waals surface area contributed by atoms with Crippen LogP contribution in [0.5, 0.6) is 0 Å². The maximum absolute atomic E-state index is 11.8. The quantitative estimate of drug-likeness (QED) is 0.700. The van der Waals surface area contributed by atoms with E-state index in [9.17, 15) is 4.79 Å². The number of allylic oxidation sites excluding steroid dienone is 1. The minimum atomic E-state index is -0.285. The van der Waals surface area contributed by atoms with Gasteiger partial charge in [-0.25, -0.2) is 4.79 Å². The highest BCUT2D eigenvalue weighted by Crippen LogP contribution is 2.41. The molecule has 2 aromatic rings. The molecule has 2 aromatic carbocycles. The van der Waals surface area contributed by atoms with Crippen LogP contribution in [-0.4, -0.2) is 38.6 Å². The zero-order chi connectivity index (χ0) is 19.2. The number of carbonyl (C=O) groups excluding carboxylic acids is 1. The maximum Gasteiger partial charge on any atom is 0.337 e. The van der Waals surface area contributed by atoms with Crippen molar-refractivity contribution in [1.82, 2.24) is 4.90 Å². The first-order chi connectivity index (χ1) is 13.1. The van der Waals surface area contributed by atoms with E-state index in [0.717, 1.165) is 24.9 Å². The summed E-state index contributed by atoms with van der Waals surface area (Å²) in [5, 5.41) is 0. The molecule has 1 aliphatic rings. The summed E-state index contributed by atoms with van der Waals surface area (Å²) in [7, 11) is 5.74. The van der Waals surface area contributed by atoms with Gasteiger partial charge in [-0.05, 0) is 68.5 Å². The second-order valence-corrected chi connectivity index (χ2v) is 7.70. The molecule has 1 fully saturated rings. The Morgan fingerprint density at radius 1 is 1.15 bits per heavy atom. The Hall–Kier alpha value is -2.39. The van der Waals surface area contributed by atoms with Gasteiger partial charge in [0, 0.05) is 6.54 Å². The molecule has 3 heteroatoms. The number of rotatable bonds is 5. The van der Waals surface area contributed by atoms with Crippen LogP contribution in [0.2, 0.25) is 0 Å². The van der Waals surface area contributed by atoms with Gasteiger partial charge in [0.25, 0.3) is 0 Å². The lowest BCUT2D eigenvalue weighted by molar-refractivity contribution is 0.0600. The second kappa shape index (κ2) is 9.01. The number of benzene rings is 2. The van der Waals surface area contributed by atoms with Gasteiger partial charge in [-0.15, -0.1) is 0 Å². The van der Waals surface area contributed by atoms with Crippen molar-refractivity contribution in [3.05, 3.63) is 76.9 Å². The summed E-state index contributed by atoms with van der Waals surface area (Å²) >= 11 is 0. The number of hydrogen-bond donors (Lipinski definition) is 0. The fourth-order valence-corrected chi connectivity index (χ4v) is 4.14. The molecule has 0 saturated heterocycles. The van der Waals surface area contributed by atoms with Crippen molar-refractivity contribution in [2.24, 2.45) is 5.92 Å². The standard InChI is InChI=1S/C24H29NO2/c1-25(2)17-22-13-12-19(16-23(22)20-9-5-4-6-10-20)14-18-8-7-11-21(15-18)24(26)27-3/h4-11,14-15,22-23H,12-13,16-17H2,1-3H3/b19-14-/t22-,23-/m1/s1. The zero-order valence-corrected chi connectivity index (χ0v) is 16.5. The summed E-state index contributed by atoms with van der Waals surface area (Å²) in [6.07, 6.45) is 5.64. The molecule has 0 spiro atoms. The molecule has 27 heavy (non-hydrogen) atoms. The molecule has 0 bridgehead atoms. The maximum atomic E-state index is 11.8. The summed E-state index contributed by atoms with van der Waals surface area (Å²) in [5.74, 6) is 0.922. The lowest BCUT2D eigenvalue weighted by Gasteiger charge is -2.35. The van der Waals surface area contributed by atoms with E-state index < -0.39 is 0 Å². The molecule has 1 aliphatic carbocycles. The van der Waals surface area contributed by atoms with Gasteiger partial charge < -0.3 is 9.64 Å². The molecular weight excluding hydrogens is 334 g/mol. The van der Waals surface area contributed by atoms with Gasteiger partial charge in [-0.3, -0.25) is 0 Å². The topological polar surface area (TPSA) is 29.5 Å². The van der Waals surface area contributed by atoms with Crippen molar-refractivity contribution in [3.63, 3.8) is 0 Å². The van der Waals surface area contributed by atoms with Crippen molar-refractivity contribution >= 4 is 12.0 Å². The number of methoxy groups -OCH3 is 1. The Morgan fingerprint density at radius 2 is 1.93 bits per heavy atom. The molecule has 3 nitrogen and oxygen atoms in total. The third kappa shape index (κ3) is 5.08. The van der Waals surface area contributed by atoms with Crippen molar-refractivity contribution in [2.75, 3.05) is 27.7 Å². The largest absolute Gasteiger partial charge is 0.465 e. The van der Waals surface area contributed by atoms with Crippen LogP contribution in [-0.2, 0) is 4.74 Å². The highest BCUT2D eigenvalue weighted by atomic mass is 16.5. The van der Waals surface area contributed by atoms with E-state index >= 15 is 0 Å². The Balaban J connectivity index is 1.84.